The van der Waals surface area contributed by atoms with Crippen molar-refractivity contribution >= 4 is 104 Å². The van der Waals surface area contributed by atoms with Crippen LogP contribution in [-0.4, -0.2) is 0 Å². The fourth-order valence-electron chi connectivity index (χ4n) is 7.33. The molecule has 50 heavy (non-hydrogen) atoms. The lowest BCUT2D eigenvalue weighted by molar-refractivity contribution is 1.58. The minimum atomic E-state index is 1.23. The standard InChI is InChI=1S/C46H26S4/c1-3-7-39-35(5-1)43-45(47-39)37-23-21-33(25-41(37)49-43)31-17-13-29(14-18-31)27-9-11-28(12-10-27)30-15-19-32(20-16-30)34-22-24-38-42(26-34)50-44-36-6-2-4-8-40(36)48-46(38)44/h1-26H. The summed E-state index contributed by atoms with van der Waals surface area (Å²) < 4.78 is 11.1. The quantitative estimate of drug-likeness (QED) is 0.171. The van der Waals surface area contributed by atoms with Crippen molar-refractivity contribution in [3.8, 4) is 44.5 Å². The first-order valence-corrected chi connectivity index (χ1v) is 20.0. The van der Waals surface area contributed by atoms with Gasteiger partial charge in [0.2, 0.25) is 0 Å². The van der Waals surface area contributed by atoms with Crippen LogP contribution < -0.4 is 0 Å². The Labute approximate surface area is 304 Å². The summed E-state index contributed by atoms with van der Waals surface area (Å²) in [6.07, 6.45) is 0. The highest BCUT2D eigenvalue weighted by Gasteiger charge is 2.14. The van der Waals surface area contributed by atoms with E-state index in [0.29, 0.717) is 0 Å². The fourth-order valence-corrected chi connectivity index (χ4v) is 12.7. The number of hydrogen-bond acceptors (Lipinski definition) is 4. The van der Waals surface area contributed by atoms with Gasteiger partial charge in [0.05, 0.1) is 18.8 Å². The zero-order valence-electron chi connectivity index (χ0n) is 26.6. The van der Waals surface area contributed by atoms with E-state index >= 15 is 0 Å². The molecule has 7 aromatic carbocycles. The second-order valence-corrected chi connectivity index (χ2v) is 17.1. The molecule has 11 aromatic rings. The Bertz CT molecular complexity index is 2850. The van der Waals surface area contributed by atoms with E-state index in [0.717, 1.165) is 0 Å². The number of benzene rings is 7. The van der Waals surface area contributed by atoms with Crippen molar-refractivity contribution < 1.29 is 0 Å². The van der Waals surface area contributed by atoms with Crippen LogP contribution in [0.2, 0.25) is 0 Å². The van der Waals surface area contributed by atoms with Gasteiger partial charge in [0.25, 0.3) is 0 Å². The predicted octanol–water partition coefficient (Wildman–Crippen LogP) is 15.5. The zero-order valence-corrected chi connectivity index (χ0v) is 29.9. The molecule has 0 radical (unpaired) electrons. The van der Waals surface area contributed by atoms with Crippen LogP contribution >= 0.6 is 45.3 Å². The maximum absolute atomic E-state index is 2.36. The van der Waals surface area contributed by atoms with Crippen LogP contribution in [0.5, 0.6) is 0 Å². The van der Waals surface area contributed by atoms with Gasteiger partial charge >= 0.3 is 0 Å². The zero-order chi connectivity index (χ0) is 32.8. The maximum Gasteiger partial charge on any atom is 0.0542 e. The first kappa shape index (κ1) is 28.7. The van der Waals surface area contributed by atoms with Crippen LogP contribution in [0.1, 0.15) is 0 Å². The van der Waals surface area contributed by atoms with E-state index in [1.54, 1.807) is 0 Å². The van der Waals surface area contributed by atoms with Gasteiger partial charge in [0.1, 0.15) is 0 Å². The van der Waals surface area contributed by atoms with Crippen molar-refractivity contribution in [2.24, 2.45) is 0 Å². The van der Waals surface area contributed by atoms with Crippen molar-refractivity contribution in [1.82, 2.24) is 0 Å². The Balaban J connectivity index is 0.830. The number of rotatable bonds is 4. The largest absolute Gasteiger partial charge is 0.134 e. The van der Waals surface area contributed by atoms with E-state index in [9.17, 15) is 0 Å². The molecule has 0 N–H and O–H groups in total. The topological polar surface area (TPSA) is 0 Å². The predicted molar refractivity (Wildman–Crippen MR) is 225 cm³/mol. The second-order valence-electron chi connectivity index (χ2n) is 12.9. The Morgan fingerprint density at radius 1 is 0.220 bits per heavy atom. The lowest BCUT2D eigenvalue weighted by Gasteiger charge is -2.08. The van der Waals surface area contributed by atoms with E-state index in [1.807, 2.05) is 45.3 Å². The van der Waals surface area contributed by atoms with Gasteiger partial charge in [-0.1, -0.05) is 133 Å². The Kier molecular flexibility index (Phi) is 6.44. The molecule has 0 atom stereocenters. The molecule has 0 saturated carbocycles. The number of thiophene rings is 4. The molecule has 11 rings (SSSR count). The summed E-state index contributed by atoms with van der Waals surface area (Å²) >= 11 is 7.66. The van der Waals surface area contributed by atoms with E-state index in [1.165, 1.54) is 104 Å². The van der Waals surface area contributed by atoms with E-state index < -0.39 is 0 Å². The van der Waals surface area contributed by atoms with E-state index in [2.05, 4.69) is 158 Å². The van der Waals surface area contributed by atoms with E-state index in [-0.39, 0.29) is 0 Å². The summed E-state index contributed by atoms with van der Waals surface area (Å²) in [7, 11) is 0. The summed E-state index contributed by atoms with van der Waals surface area (Å²) in [6, 6.07) is 58.4. The third kappa shape index (κ3) is 4.53. The van der Waals surface area contributed by atoms with Gasteiger partial charge in [-0.2, -0.15) is 0 Å². The van der Waals surface area contributed by atoms with Gasteiger partial charge in [0, 0.05) is 40.3 Å². The van der Waals surface area contributed by atoms with Gasteiger partial charge in [-0.15, -0.1) is 45.3 Å². The highest BCUT2D eigenvalue weighted by molar-refractivity contribution is 7.37. The summed E-state index contributed by atoms with van der Waals surface area (Å²) in [5, 5.41) is 5.50. The fraction of sp³-hybridized carbons (Fsp3) is 0. The molecule has 0 unspecified atom stereocenters. The number of hydrogen-bond donors (Lipinski definition) is 0. The van der Waals surface area contributed by atoms with Crippen LogP contribution in [0.3, 0.4) is 0 Å². The van der Waals surface area contributed by atoms with Crippen molar-refractivity contribution in [3.05, 3.63) is 158 Å². The molecule has 0 amide bonds. The van der Waals surface area contributed by atoms with E-state index in [4.69, 9.17) is 0 Å². The highest BCUT2D eigenvalue weighted by atomic mass is 32.1. The Hall–Kier alpha value is -5.10. The van der Waals surface area contributed by atoms with Crippen molar-refractivity contribution in [2.75, 3.05) is 0 Å². The Morgan fingerprint density at radius 2 is 0.480 bits per heavy atom. The van der Waals surface area contributed by atoms with Gasteiger partial charge < -0.3 is 0 Å². The first-order valence-electron chi connectivity index (χ1n) is 16.7. The molecule has 4 aromatic heterocycles. The molecule has 0 spiro atoms. The van der Waals surface area contributed by atoms with Crippen LogP contribution in [0.15, 0.2) is 158 Å². The average molecular weight is 707 g/mol. The molecule has 4 heteroatoms. The monoisotopic (exact) mass is 706 g/mol. The lowest BCUT2D eigenvalue weighted by Crippen LogP contribution is -1.83. The smallest absolute Gasteiger partial charge is 0.0542 e. The maximum atomic E-state index is 2.36. The third-order valence-corrected chi connectivity index (χ3v) is 15.0. The molecular formula is C46H26S4. The molecule has 0 bridgehead atoms. The van der Waals surface area contributed by atoms with Crippen molar-refractivity contribution in [1.29, 1.82) is 0 Å². The molecule has 0 aliphatic carbocycles. The van der Waals surface area contributed by atoms with Gasteiger partial charge in [-0.05, 0) is 68.8 Å². The third-order valence-electron chi connectivity index (χ3n) is 9.96. The minimum Gasteiger partial charge on any atom is -0.134 e. The van der Waals surface area contributed by atoms with Crippen molar-refractivity contribution in [2.45, 2.75) is 0 Å². The molecule has 0 nitrogen and oxygen atoms in total. The molecule has 0 aliphatic heterocycles. The summed E-state index contributed by atoms with van der Waals surface area (Å²) in [5.41, 5.74) is 9.97. The summed E-state index contributed by atoms with van der Waals surface area (Å²) in [5.74, 6) is 0. The van der Waals surface area contributed by atoms with Gasteiger partial charge in [0.15, 0.2) is 0 Å². The second kappa shape index (κ2) is 11.2. The summed E-state index contributed by atoms with van der Waals surface area (Å²) in [6.45, 7) is 0. The van der Waals surface area contributed by atoms with Crippen molar-refractivity contribution in [3.63, 3.8) is 0 Å². The molecular weight excluding hydrogens is 681 g/mol. The number of fused-ring (bicyclic) bond motifs is 10. The molecule has 0 aliphatic rings. The SMILES string of the molecule is c1ccc2c(c1)sc1c3ccc(-c4ccc(-c5ccc(-c6ccc(-c7ccc8c(c7)sc7c9ccccc9sc87)cc6)cc5)cc4)cc3sc21. The minimum absolute atomic E-state index is 1.23. The first-order chi connectivity index (χ1) is 24.7. The average Bonchev–Trinajstić information content (AvgIpc) is 3.93. The van der Waals surface area contributed by atoms with Crippen LogP contribution in [-0.2, 0) is 0 Å². The molecule has 4 heterocycles. The van der Waals surface area contributed by atoms with Gasteiger partial charge in [-0.25, -0.2) is 0 Å². The van der Waals surface area contributed by atoms with Gasteiger partial charge in [-0.3, -0.25) is 0 Å². The molecule has 0 saturated heterocycles. The summed E-state index contributed by atoms with van der Waals surface area (Å²) in [4.78, 5) is 0. The Morgan fingerprint density at radius 3 is 0.840 bits per heavy atom. The lowest BCUT2D eigenvalue weighted by atomic mass is 9.97. The molecule has 0 fully saturated rings. The highest BCUT2D eigenvalue weighted by Crippen LogP contribution is 2.46. The molecule has 234 valence electrons. The normalized spacial score (nSPS) is 12.0. The van der Waals surface area contributed by atoms with Crippen LogP contribution in [0, 0.1) is 0 Å². The van der Waals surface area contributed by atoms with Crippen LogP contribution in [0.4, 0.5) is 0 Å². The van der Waals surface area contributed by atoms with Crippen LogP contribution in [0.25, 0.3) is 104 Å².